The highest BCUT2D eigenvalue weighted by Crippen LogP contribution is 2.22. The highest BCUT2D eigenvalue weighted by molar-refractivity contribution is 5.98. The first-order valence-corrected chi connectivity index (χ1v) is 6.97. The van der Waals surface area contributed by atoms with Crippen molar-refractivity contribution in [2.24, 2.45) is 5.73 Å². The number of nitrogens with one attached hydrogen (secondary N) is 1. The summed E-state index contributed by atoms with van der Waals surface area (Å²) < 4.78 is 63.5. The molecule has 0 saturated carbocycles. The molecule has 28 heavy (non-hydrogen) atoms. The number of aromatic amines is 1. The first kappa shape index (κ1) is 24.8. The number of carbonyl (C=O) groups is 3. The van der Waals surface area contributed by atoms with Crippen LogP contribution in [-0.2, 0) is 9.59 Å². The van der Waals surface area contributed by atoms with Crippen LogP contribution in [0.5, 0.6) is 0 Å². The lowest BCUT2D eigenvalue weighted by Crippen LogP contribution is -2.21. The van der Waals surface area contributed by atoms with E-state index in [4.69, 9.17) is 25.5 Å². The van der Waals surface area contributed by atoms with Gasteiger partial charge in [-0.3, -0.25) is 4.79 Å². The summed E-state index contributed by atoms with van der Waals surface area (Å²) in [6.07, 6.45) is -10.2. The number of amides is 1. The quantitative estimate of drug-likeness (QED) is 0.530. The standard InChI is InChI=1S/C11H12N2O.2C2HF3O2/c1-6-7(2)13-10-4-3-8(11(12)14)5-9(6)10;2*3-2(4,5)1(6)7/h3-5,13H,1-2H3,(H2,12,14);2*(H,6,7). The summed E-state index contributed by atoms with van der Waals surface area (Å²) in [6, 6.07) is 5.45. The minimum Gasteiger partial charge on any atom is -0.475 e. The number of alkyl halides is 6. The topological polar surface area (TPSA) is 133 Å². The summed E-state index contributed by atoms with van der Waals surface area (Å²) in [4.78, 5) is 32.0. The number of benzene rings is 1. The van der Waals surface area contributed by atoms with Crippen LogP contribution in [0.25, 0.3) is 10.9 Å². The van der Waals surface area contributed by atoms with E-state index in [0.29, 0.717) is 5.56 Å². The minimum atomic E-state index is -5.08. The molecule has 0 atom stereocenters. The highest BCUT2D eigenvalue weighted by atomic mass is 19.4. The number of hydrogen-bond donors (Lipinski definition) is 4. The fourth-order valence-corrected chi connectivity index (χ4v) is 1.61. The third-order valence-corrected chi connectivity index (χ3v) is 3.08. The van der Waals surface area contributed by atoms with Crippen molar-refractivity contribution in [1.29, 1.82) is 0 Å². The molecule has 0 unspecified atom stereocenters. The van der Waals surface area contributed by atoms with Gasteiger partial charge in [-0.2, -0.15) is 26.3 Å². The molecule has 0 aliphatic rings. The molecule has 5 N–H and O–H groups in total. The van der Waals surface area contributed by atoms with Crippen molar-refractivity contribution in [2.75, 3.05) is 0 Å². The van der Waals surface area contributed by atoms with Gasteiger partial charge < -0.3 is 20.9 Å². The lowest BCUT2D eigenvalue weighted by atomic mass is 10.1. The van der Waals surface area contributed by atoms with Crippen molar-refractivity contribution in [3.05, 3.63) is 35.0 Å². The molecule has 2 aromatic rings. The molecule has 0 fully saturated rings. The van der Waals surface area contributed by atoms with Gasteiger partial charge in [0.15, 0.2) is 0 Å². The Hall–Kier alpha value is -3.25. The van der Waals surface area contributed by atoms with E-state index in [1.807, 2.05) is 26.0 Å². The zero-order valence-electron chi connectivity index (χ0n) is 14.2. The number of primary amides is 1. The van der Waals surface area contributed by atoms with Crippen LogP contribution >= 0.6 is 0 Å². The Morgan fingerprint density at radius 2 is 1.32 bits per heavy atom. The van der Waals surface area contributed by atoms with Crippen molar-refractivity contribution in [2.45, 2.75) is 26.2 Å². The molecule has 1 aromatic heterocycles. The van der Waals surface area contributed by atoms with Crippen LogP contribution < -0.4 is 5.73 Å². The lowest BCUT2D eigenvalue weighted by molar-refractivity contribution is -0.193. The van der Waals surface area contributed by atoms with Crippen LogP contribution in [0.2, 0.25) is 0 Å². The largest absolute Gasteiger partial charge is 0.490 e. The Morgan fingerprint density at radius 1 is 0.929 bits per heavy atom. The molecule has 0 radical (unpaired) electrons. The predicted molar refractivity (Wildman–Crippen MR) is 83.7 cm³/mol. The molecule has 0 spiro atoms. The number of halogens is 6. The number of hydrogen-bond acceptors (Lipinski definition) is 3. The lowest BCUT2D eigenvalue weighted by Gasteiger charge is -1.96. The van der Waals surface area contributed by atoms with Gasteiger partial charge in [0.2, 0.25) is 5.91 Å². The van der Waals surface area contributed by atoms with E-state index in [-0.39, 0.29) is 5.91 Å². The maximum atomic E-state index is 11.0. The first-order valence-electron chi connectivity index (χ1n) is 6.97. The molecule has 13 heteroatoms. The van der Waals surface area contributed by atoms with Gasteiger partial charge in [0.05, 0.1) is 0 Å². The van der Waals surface area contributed by atoms with Gasteiger partial charge in [-0.25, -0.2) is 9.59 Å². The fourth-order valence-electron chi connectivity index (χ4n) is 1.61. The number of rotatable bonds is 1. The van der Waals surface area contributed by atoms with Crippen molar-refractivity contribution < 1.29 is 50.9 Å². The average molecular weight is 416 g/mol. The number of carbonyl (C=O) groups excluding carboxylic acids is 1. The van der Waals surface area contributed by atoms with Crippen molar-refractivity contribution in [3.8, 4) is 0 Å². The number of carboxylic acid groups (broad SMARTS) is 2. The van der Waals surface area contributed by atoms with Crippen LogP contribution in [0.15, 0.2) is 18.2 Å². The smallest absolute Gasteiger partial charge is 0.475 e. The predicted octanol–water partition coefficient (Wildman–Crippen LogP) is 3.15. The third kappa shape index (κ3) is 7.55. The monoisotopic (exact) mass is 416 g/mol. The number of fused-ring (bicyclic) bond motifs is 1. The van der Waals surface area contributed by atoms with E-state index in [9.17, 15) is 31.1 Å². The number of carboxylic acids is 2. The number of aryl methyl sites for hydroxylation is 2. The van der Waals surface area contributed by atoms with Gasteiger partial charge in [0.25, 0.3) is 0 Å². The molecule has 0 aliphatic heterocycles. The van der Waals surface area contributed by atoms with E-state index in [1.54, 1.807) is 6.07 Å². The molecular weight excluding hydrogens is 402 g/mol. The molecule has 7 nitrogen and oxygen atoms in total. The summed E-state index contributed by atoms with van der Waals surface area (Å²) in [6.45, 7) is 4.04. The second kappa shape index (κ2) is 9.10. The Balaban J connectivity index is 0.000000444. The zero-order chi connectivity index (χ0) is 22.4. The van der Waals surface area contributed by atoms with E-state index >= 15 is 0 Å². The van der Waals surface area contributed by atoms with Crippen LogP contribution in [0.1, 0.15) is 21.6 Å². The molecule has 0 aliphatic carbocycles. The number of H-pyrrole nitrogens is 1. The summed E-state index contributed by atoms with van der Waals surface area (Å²) in [5.41, 5.74) is 9.11. The first-order chi connectivity index (χ1) is 12.5. The highest BCUT2D eigenvalue weighted by Gasteiger charge is 2.38. The van der Waals surface area contributed by atoms with Gasteiger partial charge in [-0.1, -0.05) is 0 Å². The molecule has 0 bridgehead atoms. The summed E-state index contributed by atoms with van der Waals surface area (Å²) in [5, 5.41) is 15.3. The normalized spacial score (nSPS) is 11.0. The van der Waals surface area contributed by atoms with E-state index in [1.165, 1.54) is 5.56 Å². The van der Waals surface area contributed by atoms with Gasteiger partial charge >= 0.3 is 24.3 Å². The average Bonchev–Trinajstić information content (AvgIpc) is 2.81. The molecule has 156 valence electrons. The van der Waals surface area contributed by atoms with Crippen LogP contribution in [0.3, 0.4) is 0 Å². The number of aromatic nitrogens is 1. The maximum Gasteiger partial charge on any atom is 0.490 e. The van der Waals surface area contributed by atoms with Gasteiger partial charge in [0.1, 0.15) is 0 Å². The summed E-state index contributed by atoms with van der Waals surface area (Å²) in [7, 11) is 0. The van der Waals surface area contributed by atoms with Crippen molar-refractivity contribution in [1.82, 2.24) is 4.98 Å². The summed E-state index contributed by atoms with van der Waals surface area (Å²) >= 11 is 0. The third-order valence-electron chi connectivity index (χ3n) is 3.08. The molecule has 1 heterocycles. The zero-order valence-corrected chi connectivity index (χ0v) is 14.2. The second-order valence-corrected chi connectivity index (χ2v) is 5.11. The van der Waals surface area contributed by atoms with E-state index in [2.05, 4.69) is 4.98 Å². The molecular formula is C15H14F6N2O5. The minimum absolute atomic E-state index is 0.384. The van der Waals surface area contributed by atoms with Crippen LogP contribution in [0, 0.1) is 13.8 Å². The molecule has 2 rings (SSSR count). The van der Waals surface area contributed by atoms with E-state index in [0.717, 1.165) is 16.6 Å². The summed E-state index contributed by atoms with van der Waals surface area (Å²) in [5.74, 6) is -5.90. The maximum absolute atomic E-state index is 11.0. The molecule has 1 amide bonds. The Bertz CT molecular complexity index is 846. The Morgan fingerprint density at radius 3 is 1.64 bits per heavy atom. The number of nitrogens with two attached hydrogens (primary N) is 1. The SMILES string of the molecule is Cc1[nH]c2ccc(C(N)=O)cc2c1C.O=C(O)C(F)(F)F.O=C(O)C(F)(F)F. The Kier molecular flexibility index (Phi) is 8.05. The fraction of sp³-hybridized carbons (Fsp3) is 0.267. The Labute approximate surface area is 152 Å². The van der Waals surface area contributed by atoms with Crippen LogP contribution in [0.4, 0.5) is 26.3 Å². The second-order valence-electron chi connectivity index (χ2n) is 5.11. The van der Waals surface area contributed by atoms with Crippen molar-refractivity contribution in [3.63, 3.8) is 0 Å². The molecule has 1 aromatic carbocycles. The van der Waals surface area contributed by atoms with Gasteiger partial charge in [-0.05, 0) is 37.6 Å². The van der Waals surface area contributed by atoms with Gasteiger partial charge in [0, 0.05) is 22.2 Å². The number of aliphatic carboxylic acids is 2. The van der Waals surface area contributed by atoms with Crippen molar-refractivity contribution >= 4 is 28.7 Å². The van der Waals surface area contributed by atoms with Crippen LogP contribution in [-0.4, -0.2) is 45.4 Å². The van der Waals surface area contributed by atoms with E-state index < -0.39 is 24.3 Å². The molecule has 0 saturated heterocycles. The van der Waals surface area contributed by atoms with Gasteiger partial charge in [-0.15, -0.1) is 0 Å².